The van der Waals surface area contributed by atoms with Crippen molar-refractivity contribution in [3.63, 3.8) is 0 Å². The molecule has 0 saturated carbocycles. The highest BCUT2D eigenvalue weighted by Crippen LogP contribution is 2.47. The fraction of sp³-hybridized carbons (Fsp3) is 0.381. The number of aryl methyl sites for hydroxylation is 1. The lowest BCUT2D eigenvalue weighted by Gasteiger charge is -2.31. The molecule has 174 valence electrons. The molecule has 0 spiro atoms. The third-order valence-corrected chi connectivity index (χ3v) is 4.48. The Balaban J connectivity index is 1.62. The van der Waals surface area contributed by atoms with Crippen molar-refractivity contribution in [3.8, 4) is 17.2 Å². The molecule has 0 saturated heterocycles. The average molecular weight is 461 g/mol. The van der Waals surface area contributed by atoms with Crippen LogP contribution in [0.25, 0.3) is 0 Å². The normalized spacial score (nSPS) is 16.7. The number of benzene rings is 2. The fourth-order valence-corrected chi connectivity index (χ4v) is 2.88. The quantitative estimate of drug-likeness (QED) is 0.521. The van der Waals surface area contributed by atoms with Gasteiger partial charge in [-0.15, -0.1) is 0 Å². The van der Waals surface area contributed by atoms with Crippen LogP contribution in [0, 0.1) is 12.7 Å². The second kappa shape index (κ2) is 9.09. The minimum atomic E-state index is -4.84. The highest BCUT2D eigenvalue weighted by molar-refractivity contribution is 5.85. The number of hydrogen-bond donors (Lipinski definition) is 1. The molecule has 6 nitrogen and oxygen atoms in total. The van der Waals surface area contributed by atoms with Crippen LogP contribution in [0.5, 0.6) is 17.2 Å². The number of nitrogens with one attached hydrogen (secondary N) is 1. The Hall–Kier alpha value is -3.24. The first kappa shape index (κ1) is 23.4. The number of rotatable bonds is 7. The van der Waals surface area contributed by atoms with Crippen LogP contribution in [-0.4, -0.2) is 31.0 Å². The van der Waals surface area contributed by atoms with Crippen molar-refractivity contribution in [2.45, 2.75) is 45.0 Å². The smallest absolute Gasteiger partial charge is 0.490 e. The van der Waals surface area contributed by atoms with Crippen molar-refractivity contribution >= 4 is 11.8 Å². The highest BCUT2D eigenvalue weighted by Gasteiger charge is 2.65. The molecule has 0 fully saturated rings. The SMILES string of the molecule is CCCC(COc1ccc2c(c1)OC(F)(F)C(F)(F)O2)OC(=O)Nc1ccc(F)cc1C. The average Bonchev–Trinajstić information content (AvgIpc) is 2.69. The molecule has 11 heteroatoms. The predicted molar refractivity (Wildman–Crippen MR) is 103 cm³/mol. The molecule has 1 aliphatic heterocycles. The maximum absolute atomic E-state index is 13.4. The van der Waals surface area contributed by atoms with Crippen molar-refractivity contribution < 1.29 is 45.7 Å². The summed E-state index contributed by atoms with van der Waals surface area (Å²) >= 11 is 0. The molecule has 1 aliphatic rings. The Labute approximate surface area is 180 Å². The molecule has 1 unspecified atom stereocenters. The number of carbonyl (C=O) groups excluding carboxylic acids is 1. The number of hydrogen-bond acceptors (Lipinski definition) is 5. The predicted octanol–water partition coefficient (Wildman–Crippen LogP) is 5.89. The lowest BCUT2D eigenvalue weighted by Crippen LogP contribution is -2.52. The van der Waals surface area contributed by atoms with E-state index < -0.39 is 41.7 Å². The van der Waals surface area contributed by atoms with Crippen LogP contribution in [0.1, 0.15) is 25.3 Å². The summed E-state index contributed by atoms with van der Waals surface area (Å²) in [7, 11) is 0. The molecule has 32 heavy (non-hydrogen) atoms. The zero-order chi connectivity index (χ0) is 23.5. The highest BCUT2D eigenvalue weighted by atomic mass is 19.3. The molecule has 1 amide bonds. The number of alkyl halides is 4. The van der Waals surface area contributed by atoms with Crippen molar-refractivity contribution in [2.24, 2.45) is 0 Å². The van der Waals surface area contributed by atoms with E-state index >= 15 is 0 Å². The molecule has 2 aromatic rings. The Bertz CT molecular complexity index is 985. The Morgan fingerprint density at radius 1 is 1.06 bits per heavy atom. The van der Waals surface area contributed by atoms with Gasteiger partial charge in [-0.1, -0.05) is 13.3 Å². The third-order valence-electron chi connectivity index (χ3n) is 4.48. The van der Waals surface area contributed by atoms with Gasteiger partial charge in [0.1, 0.15) is 24.3 Å². The Morgan fingerprint density at radius 2 is 1.75 bits per heavy atom. The minimum absolute atomic E-state index is 0.0212. The van der Waals surface area contributed by atoms with E-state index in [2.05, 4.69) is 14.8 Å². The zero-order valence-electron chi connectivity index (χ0n) is 17.1. The zero-order valence-corrected chi connectivity index (χ0v) is 17.1. The fourth-order valence-electron chi connectivity index (χ4n) is 2.88. The van der Waals surface area contributed by atoms with Gasteiger partial charge in [0.2, 0.25) is 0 Å². The summed E-state index contributed by atoms with van der Waals surface area (Å²) in [6.07, 6.45) is -10.1. The molecule has 1 heterocycles. The summed E-state index contributed by atoms with van der Waals surface area (Å²) in [6, 6.07) is 7.05. The van der Waals surface area contributed by atoms with Crippen LogP contribution in [0.2, 0.25) is 0 Å². The standard InChI is InChI=1S/C21H20F5NO5/c1-3-4-15(30-19(28)27-16-7-5-13(22)9-12(16)2)11-29-14-6-8-17-18(10-14)32-21(25,26)20(23,24)31-17/h5-10,15H,3-4,11H2,1-2H3,(H,27,28). The number of carbonyl (C=O) groups is 1. The third kappa shape index (κ3) is 5.32. The van der Waals surface area contributed by atoms with Gasteiger partial charge in [-0.2, -0.15) is 17.6 Å². The molecule has 1 N–H and O–H groups in total. The van der Waals surface area contributed by atoms with Gasteiger partial charge in [-0.05, 0) is 49.2 Å². The molecule has 3 rings (SSSR count). The monoisotopic (exact) mass is 461 g/mol. The van der Waals surface area contributed by atoms with Crippen molar-refractivity contribution in [2.75, 3.05) is 11.9 Å². The Morgan fingerprint density at radius 3 is 2.41 bits per heavy atom. The van der Waals surface area contributed by atoms with Crippen LogP contribution < -0.4 is 19.5 Å². The largest absolute Gasteiger partial charge is 0.507 e. The van der Waals surface area contributed by atoms with E-state index in [0.29, 0.717) is 24.1 Å². The van der Waals surface area contributed by atoms with Gasteiger partial charge in [0, 0.05) is 11.8 Å². The van der Waals surface area contributed by atoms with E-state index in [0.717, 1.165) is 12.1 Å². The number of ether oxygens (including phenoxy) is 4. The number of anilines is 1. The maximum Gasteiger partial charge on any atom is 0.507 e. The van der Waals surface area contributed by atoms with Gasteiger partial charge in [-0.3, -0.25) is 5.32 Å². The summed E-state index contributed by atoms with van der Waals surface area (Å²) in [5.41, 5.74) is 0.876. The summed E-state index contributed by atoms with van der Waals surface area (Å²) in [5, 5.41) is 2.51. The van der Waals surface area contributed by atoms with Crippen molar-refractivity contribution in [3.05, 3.63) is 47.8 Å². The number of fused-ring (bicyclic) bond motifs is 1. The Kier molecular flexibility index (Phi) is 6.65. The van der Waals surface area contributed by atoms with Gasteiger partial charge >= 0.3 is 18.3 Å². The van der Waals surface area contributed by atoms with Crippen LogP contribution in [0.4, 0.5) is 32.4 Å². The molecular weight excluding hydrogens is 441 g/mol. The molecule has 0 aromatic heterocycles. The molecule has 2 aromatic carbocycles. The minimum Gasteiger partial charge on any atom is -0.490 e. The lowest BCUT2D eigenvalue weighted by molar-refractivity contribution is -0.391. The maximum atomic E-state index is 13.4. The van der Waals surface area contributed by atoms with Crippen molar-refractivity contribution in [1.29, 1.82) is 0 Å². The van der Waals surface area contributed by atoms with E-state index in [1.807, 2.05) is 6.92 Å². The summed E-state index contributed by atoms with van der Waals surface area (Å²) in [5.74, 6) is -1.60. The van der Waals surface area contributed by atoms with Gasteiger partial charge in [0.15, 0.2) is 11.5 Å². The first-order valence-electron chi connectivity index (χ1n) is 9.65. The van der Waals surface area contributed by atoms with Crippen LogP contribution in [0.15, 0.2) is 36.4 Å². The molecule has 0 radical (unpaired) electrons. The summed E-state index contributed by atoms with van der Waals surface area (Å²) in [4.78, 5) is 12.2. The topological polar surface area (TPSA) is 66.0 Å². The first-order valence-corrected chi connectivity index (χ1v) is 9.65. The van der Waals surface area contributed by atoms with E-state index in [1.54, 1.807) is 6.92 Å². The molecule has 0 bridgehead atoms. The van der Waals surface area contributed by atoms with Crippen molar-refractivity contribution in [1.82, 2.24) is 0 Å². The van der Waals surface area contributed by atoms with Gasteiger partial charge < -0.3 is 18.9 Å². The van der Waals surface area contributed by atoms with E-state index in [4.69, 9.17) is 9.47 Å². The summed E-state index contributed by atoms with van der Waals surface area (Å²) < 4.78 is 85.2. The second-order valence-corrected chi connectivity index (χ2v) is 7.06. The molecular formula is C21H20F5NO5. The van der Waals surface area contributed by atoms with Crippen LogP contribution >= 0.6 is 0 Å². The van der Waals surface area contributed by atoms with Crippen LogP contribution in [0.3, 0.4) is 0 Å². The number of halogens is 5. The van der Waals surface area contributed by atoms with Gasteiger partial charge in [0.25, 0.3) is 0 Å². The van der Waals surface area contributed by atoms with E-state index in [-0.39, 0.29) is 12.4 Å². The van der Waals surface area contributed by atoms with Gasteiger partial charge in [0.05, 0.1) is 0 Å². The van der Waals surface area contributed by atoms with E-state index in [9.17, 15) is 26.7 Å². The number of amides is 1. The lowest BCUT2D eigenvalue weighted by atomic mass is 10.2. The molecule has 1 atom stereocenters. The van der Waals surface area contributed by atoms with Gasteiger partial charge in [-0.25, -0.2) is 9.18 Å². The van der Waals surface area contributed by atoms with E-state index in [1.165, 1.54) is 24.3 Å². The second-order valence-electron chi connectivity index (χ2n) is 7.06. The molecule has 0 aliphatic carbocycles. The van der Waals surface area contributed by atoms with Crippen LogP contribution in [-0.2, 0) is 4.74 Å². The first-order chi connectivity index (χ1) is 15.0. The summed E-state index contributed by atoms with van der Waals surface area (Å²) in [6.45, 7) is 3.33.